The summed E-state index contributed by atoms with van der Waals surface area (Å²) in [6.07, 6.45) is 0.989. The van der Waals surface area contributed by atoms with E-state index in [2.05, 4.69) is 22.3 Å². The summed E-state index contributed by atoms with van der Waals surface area (Å²) in [5, 5.41) is 2.96. The van der Waals surface area contributed by atoms with Crippen LogP contribution in [0.5, 0.6) is 5.75 Å². The Balaban J connectivity index is 1.76. The zero-order valence-corrected chi connectivity index (χ0v) is 12.9. The normalized spacial score (nSPS) is 14.4. The second-order valence-electron chi connectivity index (χ2n) is 5.44. The predicted octanol–water partition coefficient (Wildman–Crippen LogP) is 3.08. The molecule has 22 heavy (non-hydrogen) atoms. The summed E-state index contributed by atoms with van der Waals surface area (Å²) >= 11 is 0. The van der Waals surface area contributed by atoms with Gasteiger partial charge in [-0.15, -0.1) is 0 Å². The van der Waals surface area contributed by atoms with Crippen molar-refractivity contribution in [2.75, 3.05) is 23.9 Å². The highest BCUT2D eigenvalue weighted by Crippen LogP contribution is 2.30. The van der Waals surface area contributed by atoms with Crippen LogP contribution in [-0.4, -0.2) is 25.6 Å². The van der Waals surface area contributed by atoms with E-state index in [1.54, 1.807) is 7.11 Å². The van der Waals surface area contributed by atoms with Crippen molar-refractivity contribution in [2.24, 2.45) is 0 Å². The number of hydrogen-bond donors (Lipinski definition) is 1. The first kappa shape index (κ1) is 14.4. The fourth-order valence-corrected chi connectivity index (χ4v) is 2.89. The van der Waals surface area contributed by atoms with E-state index in [1.165, 1.54) is 5.56 Å². The van der Waals surface area contributed by atoms with Gasteiger partial charge in [0.25, 0.3) is 0 Å². The summed E-state index contributed by atoms with van der Waals surface area (Å²) in [6.45, 7) is 2.81. The van der Waals surface area contributed by atoms with E-state index in [0.717, 1.165) is 18.7 Å². The molecule has 4 nitrogen and oxygen atoms in total. The van der Waals surface area contributed by atoms with Gasteiger partial charge in [0.2, 0.25) is 5.91 Å². The number of hydrogen-bond acceptors (Lipinski definition) is 3. The average Bonchev–Trinajstić information content (AvgIpc) is 2.98. The zero-order valence-electron chi connectivity index (χ0n) is 12.9. The minimum Gasteiger partial charge on any atom is -0.495 e. The Morgan fingerprint density at radius 3 is 2.73 bits per heavy atom. The molecule has 0 unspecified atom stereocenters. The molecule has 1 atom stereocenters. The lowest BCUT2D eigenvalue weighted by Gasteiger charge is -2.26. The molecule has 1 aliphatic heterocycles. The first-order valence-corrected chi connectivity index (χ1v) is 7.49. The van der Waals surface area contributed by atoms with Crippen LogP contribution in [0.15, 0.2) is 48.5 Å². The number of methoxy groups -OCH3 is 1. The molecule has 1 N–H and O–H groups in total. The molecule has 1 amide bonds. The van der Waals surface area contributed by atoms with Crippen molar-refractivity contribution in [1.82, 2.24) is 0 Å². The third kappa shape index (κ3) is 2.64. The van der Waals surface area contributed by atoms with Gasteiger partial charge in [-0.05, 0) is 37.1 Å². The van der Waals surface area contributed by atoms with Crippen LogP contribution in [0.4, 0.5) is 11.4 Å². The van der Waals surface area contributed by atoms with Crippen LogP contribution in [0.25, 0.3) is 0 Å². The molecular formula is C18H20N2O2. The second kappa shape index (κ2) is 6.10. The van der Waals surface area contributed by atoms with Crippen molar-refractivity contribution in [2.45, 2.75) is 19.4 Å². The number of anilines is 2. The zero-order chi connectivity index (χ0) is 15.5. The van der Waals surface area contributed by atoms with Crippen molar-refractivity contribution >= 4 is 17.3 Å². The maximum Gasteiger partial charge on any atom is 0.246 e. The van der Waals surface area contributed by atoms with Crippen molar-refractivity contribution in [1.29, 1.82) is 0 Å². The number of benzene rings is 2. The standard InChI is InChI=1S/C18H20N2O2/c1-13(20-12-11-14-7-3-5-9-16(14)20)18(21)19-15-8-4-6-10-17(15)22-2/h3-10,13H,11-12H2,1-2H3,(H,19,21)/t13-/m0/s1. The lowest BCUT2D eigenvalue weighted by atomic mass is 10.1. The summed E-state index contributed by atoms with van der Waals surface area (Å²) in [7, 11) is 1.60. The van der Waals surface area contributed by atoms with Crippen LogP contribution >= 0.6 is 0 Å². The van der Waals surface area contributed by atoms with Gasteiger partial charge in [0.05, 0.1) is 12.8 Å². The summed E-state index contributed by atoms with van der Waals surface area (Å²) < 4.78 is 5.28. The highest BCUT2D eigenvalue weighted by Gasteiger charge is 2.27. The van der Waals surface area contributed by atoms with Crippen LogP contribution in [0.1, 0.15) is 12.5 Å². The Labute approximate surface area is 130 Å². The predicted molar refractivity (Wildman–Crippen MR) is 88.6 cm³/mol. The molecule has 0 spiro atoms. The maximum absolute atomic E-state index is 12.6. The highest BCUT2D eigenvalue weighted by atomic mass is 16.5. The van der Waals surface area contributed by atoms with Gasteiger partial charge in [0.15, 0.2) is 0 Å². The van der Waals surface area contributed by atoms with Gasteiger partial charge in [0.1, 0.15) is 11.8 Å². The van der Waals surface area contributed by atoms with Crippen molar-refractivity contribution < 1.29 is 9.53 Å². The van der Waals surface area contributed by atoms with E-state index in [0.29, 0.717) is 11.4 Å². The Morgan fingerprint density at radius 2 is 1.91 bits per heavy atom. The number of rotatable bonds is 4. The van der Waals surface area contributed by atoms with E-state index in [-0.39, 0.29) is 11.9 Å². The maximum atomic E-state index is 12.6. The first-order valence-electron chi connectivity index (χ1n) is 7.49. The molecule has 0 bridgehead atoms. The van der Waals surface area contributed by atoms with Gasteiger partial charge in [-0.3, -0.25) is 4.79 Å². The van der Waals surface area contributed by atoms with Gasteiger partial charge in [-0.2, -0.15) is 0 Å². The summed E-state index contributed by atoms with van der Waals surface area (Å²) in [5.41, 5.74) is 3.17. The SMILES string of the molecule is COc1ccccc1NC(=O)[C@H](C)N1CCc2ccccc21. The Kier molecular flexibility index (Phi) is 4.00. The van der Waals surface area contributed by atoms with E-state index in [9.17, 15) is 4.79 Å². The number of para-hydroxylation sites is 3. The number of fused-ring (bicyclic) bond motifs is 1. The van der Waals surface area contributed by atoms with E-state index in [4.69, 9.17) is 4.74 Å². The molecule has 4 heteroatoms. The number of carbonyl (C=O) groups excluding carboxylic acids is 1. The fraction of sp³-hybridized carbons (Fsp3) is 0.278. The van der Waals surface area contributed by atoms with E-state index >= 15 is 0 Å². The van der Waals surface area contributed by atoms with Crippen molar-refractivity contribution in [3.05, 3.63) is 54.1 Å². The van der Waals surface area contributed by atoms with Crippen LogP contribution in [-0.2, 0) is 11.2 Å². The van der Waals surface area contributed by atoms with Gasteiger partial charge < -0.3 is 15.0 Å². The van der Waals surface area contributed by atoms with Crippen molar-refractivity contribution in [3.8, 4) is 5.75 Å². The minimum atomic E-state index is -0.228. The average molecular weight is 296 g/mol. The van der Waals surface area contributed by atoms with Crippen LogP contribution in [0, 0.1) is 0 Å². The molecule has 0 radical (unpaired) electrons. The fourth-order valence-electron chi connectivity index (χ4n) is 2.89. The Bertz CT molecular complexity index is 684. The summed E-state index contributed by atoms with van der Waals surface area (Å²) in [5.74, 6) is 0.645. The Morgan fingerprint density at radius 1 is 1.18 bits per heavy atom. The number of amides is 1. The minimum absolute atomic E-state index is 0.0267. The molecular weight excluding hydrogens is 276 g/mol. The van der Waals surface area contributed by atoms with Gasteiger partial charge in [0, 0.05) is 12.2 Å². The number of nitrogens with zero attached hydrogens (tertiary/aromatic N) is 1. The molecule has 0 saturated heterocycles. The summed E-state index contributed by atoms with van der Waals surface area (Å²) in [4.78, 5) is 14.7. The molecule has 114 valence electrons. The molecule has 0 fully saturated rings. The van der Waals surface area contributed by atoms with Crippen LogP contribution in [0.3, 0.4) is 0 Å². The largest absolute Gasteiger partial charge is 0.495 e. The van der Waals surface area contributed by atoms with Gasteiger partial charge in [-0.25, -0.2) is 0 Å². The molecule has 1 aliphatic rings. The third-order valence-corrected chi connectivity index (χ3v) is 4.13. The molecule has 2 aromatic carbocycles. The van der Waals surface area contributed by atoms with Gasteiger partial charge in [-0.1, -0.05) is 30.3 Å². The van der Waals surface area contributed by atoms with E-state index in [1.807, 2.05) is 43.3 Å². The first-order chi connectivity index (χ1) is 10.7. The molecule has 2 aromatic rings. The van der Waals surface area contributed by atoms with Gasteiger partial charge >= 0.3 is 0 Å². The molecule has 0 aliphatic carbocycles. The van der Waals surface area contributed by atoms with Crippen LogP contribution in [0.2, 0.25) is 0 Å². The lowest BCUT2D eigenvalue weighted by Crippen LogP contribution is -2.41. The summed E-state index contributed by atoms with van der Waals surface area (Å²) in [6, 6.07) is 15.5. The highest BCUT2D eigenvalue weighted by molar-refractivity contribution is 5.98. The second-order valence-corrected chi connectivity index (χ2v) is 5.44. The van der Waals surface area contributed by atoms with Crippen LogP contribution < -0.4 is 15.0 Å². The molecule has 0 aromatic heterocycles. The number of nitrogens with one attached hydrogen (secondary N) is 1. The number of ether oxygens (including phenoxy) is 1. The Hall–Kier alpha value is -2.49. The topological polar surface area (TPSA) is 41.6 Å². The molecule has 3 rings (SSSR count). The molecule has 0 saturated carbocycles. The lowest BCUT2D eigenvalue weighted by molar-refractivity contribution is -0.117. The third-order valence-electron chi connectivity index (χ3n) is 4.13. The quantitative estimate of drug-likeness (QED) is 0.942. The van der Waals surface area contributed by atoms with Crippen molar-refractivity contribution in [3.63, 3.8) is 0 Å². The number of carbonyl (C=O) groups is 1. The molecule has 1 heterocycles. The smallest absolute Gasteiger partial charge is 0.246 e. The monoisotopic (exact) mass is 296 g/mol. The van der Waals surface area contributed by atoms with E-state index < -0.39 is 0 Å².